The van der Waals surface area contributed by atoms with Crippen molar-refractivity contribution in [1.82, 2.24) is 15.2 Å². The summed E-state index contributed by atoms with van der Waals surface area (Å²) in [4.78, 5) is 18.9. The van der Waals surface area contributed by atoms with Crippen molar-refractivity contribution in [3.8, 4) is 11.6 Å². The first-order valence-electron chi connectivity index (χ1n) is 11.1. The number of aromatic nitrogens is 1. The SMILES string of the molecule is CC(C)(C)C(O)CN1CCC(CC(=O)NCc2ccc(Oc3ccccn3)cc2)CC1. The van der Waals surface area contributed by atoms with Crippen molar-refractivity contribution in [3.05, 3.63) is 54.2 Å². The van der Waals surface area contributed by atoms with E-state index in [-0.39, 0.29) is 17.4 Å². The van der Waals surface area contributed by atoms with Gasteiger partial charge in [-0.1, -0.05) is 39.0 Å². The predicted molar refractivity (Wildman–Crippen MR) is 122 cm³/mol. The first-order valence-corrected chi connectivity index (χ1v) is 11.1. The van der Waals surface area contributed by atoms with Crippen LogP contribution in [0, 0.1) is 11.3 Å². The minimum atomic E-state index is -0.326. The summed E-state index contributed by atoms with van der Waals surface area (Å²) in [6, 6.07) is 13.2. The van der Waals surface area contributed by atoms with Crippen molar-refractivity contribution in [2.75, 3.05) is 19.6 Å². The highest BCUT2D eigenvalue weighted by molar-refractivity contribution is 5.76. The molecule has 1 saturated heterocycles. The number of benzene rings is 1. The summed E-state index contributed by atoms with van der Waals surface area (Å²) in [5.74, 6) is 1.79. The highest BCUT2D eigenvalue weighted by atomic mass is 16.5. The van der Waals surface area contributed by atoms with E-state index in [4.69, 9.17) is 4.74 Å². The van der Waals surface area contributed by atoms with E-state index < -0.39 is 0 Å². The van der Waals surface area contributed by atoms with Crippen LogP contribution in [0.5, 0.6) is 11.6 Å². The highest BCUT2D eigenvalue weighted by Gasteiger charge is 2.27. The van der Waals surface area contributed by atoms with Crippen LogP contribution in [-0.4, -0.2) is 46.6 Å². The summed E-state index contributed by atoms with van der Waals surface area (Å²) in [7, 11) is 0. The van der Waals surface area contributed by atoms with Crippen LogP contribution in [0.1, 0.15) is 45.6 Å². The Bertz CT molecular complexity index is 810. The minimum Gasteiger partial charge on any atom is -0.439 e. The number of aliphatic hydroxyl groups excluding tert-OH is 1. The van der Waals surface area contributed by atoms with E-state index in [1.54, 1.807) is 6.20 Å². The number of carbonyl (C=O) groups excluding carboxylic acids is 1. The number of hydrogen-bond acceptors (Lipinski definition) is 5. The summed E-state index contributed by atoms with van der Waals surface area (Å²) in [5, 5.41) is 13.3. The van der Waals surface area contributed by atoms with Crippen molar-refractivity contribution >= 4 is 5.91 Å². The van der Waals surface area contributed by atoms with E-state index in [1.807, 2.05) is 42.5 Å². The van der Waals surface area contributed by atoms with Gasteiger partial charge < -0.3 is 20.1 Å². The Labute approximate surface area is 185 Å². The number of ether oxygens (including phenoxy) is 1. The fraction of sp³-hybridized carbons (Fsp3) is 0.520. The molecule has 3 rings (SSSR count). The Morgan fingerprint density at radius 3 is 2.52 bits per heavy atom. The van der Waals surface area contributed by atoms with Gasteiger partial charge in [0.1, 0.15) is 5.75 Å². The van der Waals surface area contributed by atoms with Gasteiger partial charge in [0.05, 0.1) is 6.10 Å². The molecule has 1 aliphatic heterocycles. The lowest BCUT2D eigenvalue weighted by molar-refractivity contribution is -0.122. The summed E-state index contributed by atoms with van der Waals surface area (Å²) in [5.41, 5.74) is 0.937. The monoisotopic (exact) mass is 425 g/mol. The van der Waals surface area contributed by atoms with Crippen LogP contribution in [0.15, 0.2) is 48.7 Å². The Morgan fingerprint density at radius 1 is 1.19 bits per heavy atom. The molecule has 0 aliphatic carbocycles. The molecule has 0 bridgehead atoms. The second-order valence-electron chi connectivity index (χ2n) is 9.52. The third kappa shape index (κ3) is 7.64. The first kappa shape index (κ1) is 23.2. The molecule has 31 heavy (non-hydrogen) atoms. The Kier molecular flexibility index (Phi) is 8.04. The van der Waals surface area contributed by atoms with E-state index in [0.717, 1.165) is 37.2 Å². The fourth-order valence-electron chi connectivity index (χ4n) is 3.63. The van der Waals surface area contributed by atoms with Crippen molar-refractivity contribution in [3.63, 3.8) is 0 Å². The van der Waals surface area contributed by atoms with Crippen LogP contribution >= 0.6 is 0 Å². The van der Waals surface area contributed by atoms with E-state index in [1.165, 1.54) is 0 Å². The third-order valence-corrected chi connectivity index (χ3v) is 5.89. The Morgan fingerprint density at radius 2 is 1.90 bits per heavy atom. The zero-order valence-electron chi connectivity index (χ0n) is 18.9. The molecule has 6 nitrogen and oxygen atoms in total. The zero-order valence-corrected chi connectivity index (χ0v) is 18.9. The molecule has 0 saturated carbocycles. The molecule has 6 heteroatoms. The lowest BCUT2D eigenvalue weighted by atomic mass is 9.87. The molecule has 1 unspecified atom stereocenters. The number of piperidine rings is 1. The van der Waals surface area contributed by atoms with Crippen LogP contribution in [0.3, 0.4) is 0 Å². The number of carbonyl (C=O) groups is 1. The van der Waals surface area contributed by atoms with E-state index in [9.17, 15) is 9.90 Å². The summed E-state index contributed by atoms with van der Waals surface area (Å²) in [6.07, 6.45) is 3.94. The quantitative estimate of drug-likeness (QED) is 0.669. The smallest absolute Gasteiger partial charge is 0.220 e. The van der Waals surface area contributed by atoms with Crippen LogP contribution in [0.25, 0.3) is 0 Å². The van der Waals surface area contributed by atoms with Crippen LogP contribution < -0.4 is 10.1 Å². The molecular weight excluding hydrogens is 390 g/mol. The van der Waals surface area contributed by atoms with E-state index in [0.29, 0.717) is 31.3 Å². The largest absolute Gasteiger partial charge is 0.439 e. The lowest BCUT2D eigenvalue weighted by Gasteiger charge is -2.36. The average Bonchev–Trinajstić information content (AvgIpc) is 2.75. The van der Waals surface area contributed by atoms with Crippen molar-refractivity contribution in [2.45, 2.75) is 52.7 Å². The summed E-state index contributed by atoms with van der Waals surface area (Å²) >= 11 is 0. The van der Waals surface area contributed by atoms with Crippen LogP contribution in [-0.2, 0) is 11.3 Å². The average molecular weight is 426 g/mol. The number of rotatable bonds is 8. The number of nitrogens with one attached hydrogen (secondary N) is 1. The van der Waals surface area contributed by atoms with Gasteiger partial charge in [0.2, 0.25) is 11.8 Å². The first-order chi connectivity index (χ1) is 14.8. The topological polar surface area (TPSA) is 74.7 Å². The second kappa shape index (κ2) is 10.7. The maximum absolute atomic E-state index is 12.4. The molecule has 1 amide bonds. The maximum Gasteiger partial charge on any atom is 0.220 e. The number of nitrogens with zero attached hydrogens (tertiary/aromatic N) is 2. The van der Waals surface area contributed by atoms with Gasteiger partial charge in [-0.2, -0.15) is 0 Å². The number of aliphatic hydroxyl groups is 1. The predicted octanol–water partition coefficient (Wildman–Crippen LogP) is 4.00. The van der Waals surface area contributed by atoms with Gasteiger partial charge in [-0.25, -0.2) is 4.98 Å². The molecule has 2 aromatic rings. The molecule has 1 fully saturated rings. The molecule has 0 spiro atoms. The molecule has 0 radical (unpaired) electrons. The van der Waals surface area contributed by atoms with Gasteiger partial charge in [-0.3, -0.25) is 4.79 Å². The highest BCUT2D eigenvalue weighted by Crippen LogP contribution is 2.24. The zero-order chi connectivity index (χ0) is 22.3. The molecule has 2 heterocycles. The standard InChI is InChI=1S/C25H35N3O3/c1-25(2,3)22(29)18-28-14-11-19(12-15-28)16-23(30)27-17-20-7-9-21(10-8-20)31-24-6-4-5-13-26-24/h4-10,13,19,22,29H,11-12,14-18H2,1-3H3,(H,27,30). The third-order valence-electron chi connectivity index (χ3n) is 5.89. The van der Waals surface area contributed by atoms with Crippen LogP contribution in [0.2, 0.25) is 0 Å². The van der Waals surface area contributed by atoms with E-state index >= 15 is 0 Å². The van der Waals surface area contributed by atoms with Crippen LogP contribution in [0.4, 0.5) is 0 Å². The number of amides is 1. The molecule has 1 aliphatic rings. The van der Waals surface area contributed by atoms with Gasteiger partial charge in [0.25, 0.3) is 0 Å². The van der Waals surface area contributed by atoms with Crippen molar-refractivity contribution in [1.29, 1.82) is 0 Å². The molecule has 1 aromatic carbocycles. The lowest BCUT2D eigenvalue weighted by Crippen LogP contribution is -2.43. The van der Waals surface area contributed by atoms with Gasteiger partial charge in [-0.05, 0) is 61.0 Å². The molecule has 2 N–H and O–H groups in total. The van der Waals surface area contributed by atoms with E-state index in [2.05, 4.69) is 36.0 Å². The number of β-amino-alcohol motifs (C(OH)–C–C–N with tert-alkyl or cyclic N) is 1. The minimum absolute atomic E-state index is 0.0977. The molecule has 168 valence electrons. The number of pyridine rings is 1. The van der Waals surface area contributed by atoms with Gasteiger partial charge in [0, 0.05) is 31.8 Å². The second-order valence-corrected chi connectivity index (χ2v) is 9.52. The van der Waals surface area contributed by atoms with Crippen molar-refractivity contribution in [2.24, 2.45) is 11.3 Å². The van der Waals surface area contributed by atoms with Gasteiger partial charge in [-0.15, -0.1) is 0 Å². The number of likely N-dealkylation sites (tertiary alicyclic amines) is 1. The van der Waals surface area contributed by atoms with Crippen molar-refractivity contribution < 1.29 is 14.6 Å². The Hall–Kier alpha value is -2.44. The Balaban J connectivity index is 1.36. The molecular formula is C25H35N3O3. The number of hydrogen-bond donors (Lipinski definition) is 2. The summed E-state index contributed by atoms with van der Waals surface area (Å²) in [6.45, 7) is 9.31. The fourth-order valence-corrected chi connectivity index (χ4v) is 3.63. The summed E-state index contributed by atoms with van der Waals surface area (Å²) < 4.78 is 5.69. The van der Waals surface area contributed by atoms with Gasteiger partial charge in [0.15, 0.2) is 0 Å². The molecule has 1 atom stereocenters. The molecule has 1 aromatic heterocycles. The van der Waals surface area contributed by atoms with Gasteiger partial charge >= 0.3 is 0 Å². The maximum atomic E-state index is 12.4. The normalized spacial score (nSPS) is 16.6.